The molecule has 2 aromatic heterocycles. The van der Waals surface area contributed by atoms with E-state index < -0.39 is 0 Å². The normalized spacial score (nSPS) is 24.6. The van der Waals surface area contributed by atoms with Gasteiger partial charge in [0.2, 0.25) is 5.95 Å². The van der Waals surface area contributed by atoms with Crippen LogP contribution in [0.15, 0.2) is 18.7 Å². The van der Waals surface area contributed by atoms with Crippen molar-refractivity contribution in [2.45, 2.75) is 44.6 Å². The number of hydrogen-bond acceptors (Lipinski definition) is 4. The first-order valence-corrected chi connectivity index (χ1v) is 7.79. The average Bonchev–Trinajstić information content (AvgIpc) is 2.89. The molecule has 0 N–H and O–H groups in total. The van der Waals surface area contributed by atoms with Gasteiger partial charge in [-0.3, -0.25) is 0 Å². The predicted octanol–water partition coefficient (Wildman–Crippen LogP) is 2.22. The Morgan fingerprint density at radius 1 is 1.14 bits per heavy atom. The van der Waals surface area contributed by atoms with Crippen LogP contribution in [0.1, 0.15) is 42.1 Å². The largest absolute Gasteiger partial charge is 0.337 e. The maximum Gasteiger partial charge on any atom is 0.225 e. The number of fused-ring (bicyclic) bond motifs is 3. The Labute approximate surface area is 125 Å². The van der Waals surface area contributed by atoms with Crippen molar-refractivity contribution in [2.24, 2.45) is 7.05 Å². The highest BCUT2D eigenvalue weighted by atomic mass is 15.3. The number of nitrogens with zero attached hydrogens (tertiary/aromatic N) is 5. The fraction of sp³-hybridized carbons (Fsp3) is 0.562. The smallest absolute Gasteiger partial charge is 0.225 e. The minimum atomic E-state index is 0.504. The first-order chi connectivity index (χ1) is 10.2. The lowest BCUT2D eigenvalue weighted by molar-refractivity contribution is 0.352. The van der Waals surface area contributed by atoms with Crippen LogP contribution in [0.25, 0.3) is 0 Å². The lowest BCUT2D eigenvalue weighted by Gasteiger charge is -2.43. The quantitative estimate of drug-likeness (QED) is 0.805. The molecular formula is C16H21N5. The molecule has 5 nitrogen and oxygen atoms in total. The topological polar surface area (TPSA) is 46.8 Å². The Hall–Kier alpha value is -1.91. The van der Waals surface area contributed by atoms with Crippen LogP contribution in [0.5, 0.6) is 0 Å². The van der Waals surface area contributed by atoms with E-state index >= 15 is 0 Å². The summed E-state index contributed by atoms with van der Waals surface area (Å²) in [5.41, 5.74) is 3.84. The molecule has 1 fully saturated rings. The number of rotatable bonds is 1. The highest BCUT2D eigenvalue weighted by Gasteiger charge is 2.39. The minimum Gasteiger partial charge on any atom is -0.337 e. The van der Waals surface area contributed by atoms with Crippen LogP contribution in [-0.4, -0.2) is 32.1 Å². The standard InChI is InChI=1S/C16H21N5/c1-11-8-17-16(18-9-11)21-7-3-4-12-13(21)5-6-14-15(12)19-10-20(14)2/h8-10,12-13H,3-7H2,1-2H3. The van der Waals surface area contributed by atoms with E-state index in [1.54, 1.807) is 0 Å². The molecule has 0 spiro atoms. The van der Waals surface area contributed by atoms with Gasteiger partial charge in [-0.05, 0) is 38.2 Å². The second-order valence-electron chi connectivity index (χ2n) is 6.30. The van der Waals surface area contributed by atoms with Crippen molar-refractivity contribution >= 4 is 5.95 Å². The van der Waals surface area contributed by atoms with Gasteiger partial charge >= 0.3 is 0 Å². The Kier molecular flexibility index (Phi) is 2.94. The molecule has 1 aliphatic carbocycles. The SMILES string of the molecule is Cc1cnc(N2CCCC3c4ncn(C)c4CCC32)nc1. The van der Waals surface area contributed by atoms with E-state index in [1.165, 1.54) is 30.7 Å². The Morgan fingerprint density at radius 3 is 2.76 bits per heavy atom. The van der Waals surface area contributed by atoms with Crippen LogP contribution in [0, 0.1) is 6.92 Å². The summed E-state index contributed by atoms with van der Waals surface area (Å²) in [5.74, 6) is 1.42. The summed E-state index contributed by atoms with van der Waals surface area (Å²) in [6.45, 7) is 3.09. The third-order valence-corrected chi connectivity index (χ3v) is 4.92. The van der Waals surface area contributed by atoms with Gasteiger partial charge in [-0.1, -0.05) is 0 Å². The number of aromatic nitrogens is 4. The number of aryl methyl sites for hydroxylation is 2. The summed E-state index contributed by atoms with van der Waals surface area (Å²) in [7, 11) is 2.11. The van der Waals surface area contributed by atoms with Crippen molar-refractivity contribution in [3.8, 4) is 0 Å². The lowest BCUT2D eigenvalue weighted by Crippen LogP contribution is -2.47. The van der Waals surface area contributed by atoms with E-state index in [0.717, 1.165) is 24.5 Å². The van der Waals surface area contributed by atoms with Crippen LogP contribution < -0.4 is 4.90 Å². The molecule has 21 heavy (non-hydrogen) atoms. The maximum absolute atomic E-state index is 4.68. The number of hydrogen-bond donors (Lipinski definition) is 0. The highest BCUT2D eigenvalue weighted by Crippen LogP contribution is 2.40. The van der Waals surface area contributed by atoms with Crippen LogP contribution in [-0.2, 0) is 13.5 Å². The number of piperidine rings is 1. The molecule has 0 amide bonds. The number of anilines is 1. The summed E-state index contributed by atoms with van der Waals surface area (Å²) in [5, 5.41) is 0. The zero-order valence-corrected chi connectivity index (χ0v) is 12.7. The molecule has 2 aliphatic rings. The van der Waals surface area contributed by atoms with Gasteiger partial charge in [0.1, 0.15) is 0 Å². The minimum absolute atomic E-state index is 0.504. The summed E-state index contributed by atoms with van der Waals surface area (Å²) >= 11 is 0. The van der Waals surface area contributed by atoms with E-state index in [2.05, 4.69) is 31.5 Å². The monoisotopic (exact) mass is 283 g/mol. The molecule has 1 aliphatic heterocycles. The second kappa shape index (κ2) is 4.83. The van der Waals surface area contributed by atoms with Gasteiger partial charge < -0.3 is 9.47 Å². The van der Waals surface area contributed by atoms with Gasteiger partial charge in [-0.25, -0.2) is 15.0 Å². The molecule has 2 atom stereocenters. The van der Waals surface area contributed by atoms with Crippen molar-refractivity contribution in [3.05, 3.63) is 35.7 Å². The van der Waals surface area contributed by atoms with E-state index in [-0.39, 0.29) is 0 Å². The third kappa shape index (κ3) is 2.03. The summed E-state index contributed by atoms with van der Waals surface area (Å²) in [6.07, 6.45) is 10.5. The lowest BCUT2D eigenvalue weighted by atomic mass is 9.79. The average molecular weight is 283 g/mol. The van der Waals surface area contributed by atoms with Crippen LogP contribution in [0.2, 0.25) is 0 Å². The summed E-state index contributed by atoms with van der Waals surface area (Å²) in [6, 6.07) is 0.504. The molecule has 0 bridgehead atoms. The Bertz CT molecular complexity index is 645. The fourth-order valence-electron chi connectivity index (χ4n) is 3.89. The van der Waals surface area contributed by atoms with Crippen molar-refractivity contribution in [1.82, 2.24) is 19.5 Å². The third-order valence-electron chi connectivity index (χ3n) is 4.92. The van der Waals surface area contributed by atoms with Gasteiger partial charge in [0.05, 0.1) is 12.0 Å². The van der Waals surface area contributed by atoms with Gasteiger partial charge in [-0.2, -0.15) is 0 Å². The molecule has 3 heterocycles. The predicted molar refractivity (Wildman–Crippen MR) is 81.4 cm³/mol. The number of imidazole rings is 1. The molecule has 110 valence electrons. The first kappa shape index (κ1) is 12.8. The van der Waals surface area contributed by atoms with Gasteiger partial charge in [0.15, 0.2) is 0 Å². The highest BCUT2D eigenvalue weighted by molar-refractivity contribution is 5.38. The molecule has 2 aromatic rings. The molecule has 0 saturated carbocycles. The molecule has 5 heteroatoms. The van der Waals surface area contributed by atoms with Crippen molar-refractivity contribution < 1.29 is 0 Å². The molecule has 0 aromatic carbocycles. The zero-order chi connectivity index (χ0) is 14.4. The first-order valence-electron chi connectivity index (χ1n) is 7.79. The van der Waals surface area contributed by atoms with Crippen molar-refractivity contribution in [3.63, 3.8) is 0 Å². The molecule has 0 radical (unpaired) electrons. The molecule has 1 saturated heterocycles. The van der Waals surface area contributed by atoms with E-state index in [1.807, 2.05) is 25.6 Å². The maximum atomic E-state index is 4.68. The molecule has 2 unspecified atom stereocenters. The van der Waals surface area contributed by atoms with Crippen LogP contribution in [0.3, 0.4) is 0 Å². The fourth-order valence-corrected chi connectivity index (χ4v) is 3.89. The molecule has 4 rings (SSSR count). The van der Waals surface area contributed by atoms with E-state index in [0.29, 0.717) is 12.0 Å². The second-order valence-corrected chi connectivity index (χ2v) is 6.30. The van der Waals surface area contributed by atoms with Gasteiger partial charge in [0, 0.05) is 43.6 Å². The van der Waals surface area contributed by atoms with Crippen molar-refractivity contribution in [1.29, 1.82) is 0 Å². The summed E-state index contributed by atoms with van der Waals surface area (Å²) < 4.78 is 2.19. The van der Waals surface area contributed by atoms with Gasteiger partial charge in [-0.15, -0.1) is 0 Å². The molecular weight excluding hydrogens is 262 g/mol. The van der Waals surface area contributed by atoms with E-state index in [9.17, 15) is 0 Å². The zero-order valence-electron chi connectivity index (χ0n) is 12.7. The van der Waals surface area contributed by atoms with Gasteiger partial charge in [0.25, 0.3) is 0 Å². The van der Waals surface area contributed by atoms with Crippen molar-refractivity contribution in [2.75, 3.05) is 11.4 Å². The Morgan fingerprint density at radius 2 is 1.95 bits per heavy atom. The van der Waals surface area contributed by atoms with Crippen LogP contribution in [0.4, 0.5) is 5.95 Å². The van der Waals surface area contributed by atoms with E-state index in [4.69, 9.17) is 0 Å². The van der Waals surface area contributed by atoms with Crippen LogP contribution >= 0.6 is 0 Å². The Balaban J connectivity index is 1.68. The summed E-state index contributed by atoms with van der Waals surface area (Å²) in [4.78, 5) is 16.2.